The molecule has 0 aliphatic carbocycles. The van der Waals surface area contributed by atoms with Crippen LogP contribution >= 0.6 is 23.2 Å². The monoisotopic (exact) mass is 322 g/mol. The molecule has 0 aliphatic heterocycles. The molecule has 0 atom stereocenters. The molecule has 106 valence electrons. The number of hydrogen-bond acceptors (Lipinski definition) is 5. The SMILES string of the molecule is Nc1onc(-c2ccc(=O)[nH]n2)c1-c1c(Cl)cccc1Cl. The fourth-order valence-corrected chi connectivity index (χ4v) is 2.52. The summed E-state index contributed by atoms with van der Waals surface area (Å²) in [4.78, 5) is 11.1. The normalized spacial score (nSPS) is 10.8. The highest BCUT2D eigenvalue weighted by molar-refractivity contribution is 6.39. The van der Waals surface area contributed by atoms with Crippen molar-refractivity contribution < 1.29 is 4.52 Å². The minimum absolute atomic E-state index is 0.0630. The fourth-order valence-electron chi connectivity index (χ4n) is 1.93. The lowest BCUT2D eigenvalue weighted by molar-refractivity contribution is 0.439. The number of anilines is 1. The topological polar surface area (TPSA) is 97.8 Å². The van der Waals surface area contributed by atoms with E-state index in [1.807, 2.05) is 0 Å². The molecule has 1 aromatic carbocycles. The fraction of sp³-hybridized carbons (Fsp3) is 0. The molecule has 8 heteroatoms. The summed E-state index contributed by atoms with van der Waals surface area (Å²) in [5, 5.41) is 10.9. The van der Waals surface area contributed by atoms with Gasteiger partial charge in [0.25, 0.3) is 5.56 Å². The first-order valence-electron chi connectivity index (χ1n) is 5.83. The van der Waals surface area contributed by atoms with E-state index in [1.54, 1.807) is 18.2 Å². The highest BCUT2D eigenvalue weighted by Crippen LogP contribution is 2.42. The van der Waals surface area contributed by atoms with Gasteiger partial charge in [-0.1, -0.05) is 34.4 Å². The van der Waals surface area contributed by atoms with Crippen molar-refractivity contribution in [1.82, 2.24) is 15.4 Å². The van der Waals surface area contributed by atoms with Crippen LogP contribution in [0.3, 0.4) is 0 Å². The molecule has 0 amide bonds. The third kappa shape index (κ3) is 2.39. The number of hydrogen-bond donors (Lipinski definition) is 2. The minimum atomic E-state index is -0.326. The number of nitrogens with zero attached hydrogens (tertiary/aromatic N) is 2. The van der Waals surface area contributed by atoms with Gasteiger partial charge in [-0.3, -0.25) is 4.79 Å². The molecule has 3 aromatic rings. The Morgan fingerprint density at radius 1 is 1.10 bits per heavy atom. The summed E-state index contributed by atoms with van der Waals surface area (Å²) in [7, 11) is 0. The third-order valence-electron chi connectivity index (χ3n) is 2.85. The Labute approximate surface area is 128 Å². The van der Waals surface area contributed by atoms with Gasteiger partial charge < -0.3 is 10.3 Å². The van der Waals surface area contributed by atoms with E-state index in [2.05, 4.69) is 15.4 Å². The number of benzene rings is 1. The summed E-state index contributed by atoms with van der Waals surface area (Å²) in [5.74, 6) is 0.0630. The number of rotatable bonds is 2. The van der Waals surface area contributed by atoms with Crippen LogP contribution in [0.4, 0.5) is 5.88 Å². The Kier molecular flexibility index (Phi) is 3.40. The largest absolute Gasteiger partial charge is 0.367 e. The van der Waals surface area contributed by atoms with E-state index < -0.39 is 0 Å². The van der Waals surface area contributed by atoms with Gasteiger partial charge in [0.05, 0.1) is 15.6 Å². The van der Waals surface area contributed by atoms with Gasteiger partial charge in [-0.2, -0.15) is 5.10 Å². The predicted molar refractivity (Wildman–Crippen MR) is 80.2 cm³/mol. The smallest absolute Gasteiger partial charge is 0.264 e. The summed E-state index contributed by atoms with van der Waals surface area (Å²) in [6.45, 7) is 0. The van der Waals surface area contributed by atoms with E-state index in [0.29, 0.717) is 32.6 Å². The lowest BCUT2D eigenvalue weighted by Gasteiger charge is -2.06. The minimum Gasteiger partial charge on any atom is -0.367 e. The zero-order valence-electron chi connectivity index (χ0n) is 10.4. The Morgan fingerprint density at radius 2 is 1.81 bits per heavy atom. The first-order chi connectivity index (χ1) is 10.1. The highest BCUT2D eigenvalue weighted by Gasteiger charge is 2.22. The molecular formula is C13H8Cl2N4O2. The van der Waals surface area contributed by atoms with Crippen molar-refractivity contribution in [3.63, 3.8) is 0 Å². The van der Waals surface area contributed by atoms with Gasteiger partial charge >= 0.3 is 0 Å². The first-order valence-corrected chi connectivity index (χ1v) is 6.59. The summed E-state index contributed by atoms with van der Waals surface area (Å²) in [6, 6.07) is 7.91. The molecule has 0 bridgehead atoms. The van der Waals surface area contributed by atoms with E-state index in [0.717, 1.165) is 0 Å². The van der Waals surface area contributed by atoms with Crippen LogP contribution in [0.25, 0.3) is 22.5 Å². The zero-order chi connectivity index (χ0) is 15.0. The third-order valence-corrected chi connectivity index (χ3v) is 3.48. The van der Waals surface area contributed by atoms with Crippen molar-refractivity contribution in [2.24, 2.45) is 0 Å². The molecule has 2 heterocycles. The molecule has 3 N–H and O–H groups in total. The number of nitrogens with one attached hydrogen (secondary N) is 1. The van der Waals surface area contributed by atoms with Gasteiger partial charge in [0.15, 0.2) is 0 Å². The van der Waals surface area contributed by atoms with Gasteiger partial charge in [-0.05, 0) is 18.2 Å². The summed E-state index contributed by atoms with van der Waals surface area (Å²) < 4.78 is 5.02. The second kappa shape index (κ2) is 5.23. The van der Waals surface area contributed by atoms with Crippen LogP contribution in [0.5, 0.6) is 0 Å². The lowest BCUT2D eigenvalue weighted by Crippen LogP contribution is -2.06. The maximum Gasteiger partial charge on any atom is 0.264 e. The molecule has 3 rings (SSSR count). The van der Waals surface area contributed by atoms with Gasteiger partial charge in [0.2, 0.25) is 5.88 Å². The summed E-state index contributed by atoms with van der Waals surface area (Å²) in [6.07, 6.45) is 0. The van der Waals surface area contributed by atoms with Crippen LogP contribution in [0.2, 0.25) is 10.0 Å². The summed E-state index contributed by atoms with van der Waals surface area (Å²) in [5.41, 5.74) is 7.18. The molecule has 0 aliphatic rings. The van der Waals surface area contributed by atoms with Crippen LogP contribution in [-0.4, -0.2) is 15.4 Å². The van der Waals surface area contributed by atoms with Crippen molar-refractivity contribution >= 4 is 29.1 Å². The van der Waals surface area contributed by atoms with Crippen LogP contribution in [-0.2, 0) is 0 Å². The molecule has 0 radical (unpaired) electrons. The molecule has 21 heavy (non-hydrogen) atoms. The molecule has 0 fully saturated rings. The second-order valence-electron chi connectivity index (χ2n) is 4.17. The van der Waals surface area contributed by atoms with Crippen molar-refractivity contribution in [1.29, 1.82) is 0 Å². The van der Waals surface area contributed by atoms with E-state index >= 15 is 0 Å². The number of nitrogen functional groups attached to an aromatic ring is 1. The van der Waals surface area contributed by atoms with Gasteiger partial charge in [0.1, 0.15) is 11.4 Å². The maximum absolute atomic E-state index is 11.1. The molecular weight excluding hydrogens is 315 g/mol. The van der Waals surface area contributed by atoms with Crippen LogP contribution in [0.15, 0.2) is 39.6 Å². The number of H-pyrrole nitrogens is 1. The Morgan fingerprint density at radius 3 is 2.43 bits per heavy atom. The average Bonchev–Trinajstić information content (AvgIpc) is 2.82. The van der Waals surface area contributed by atoms with E-state index in [9.17, 15) is 4.79 Å². The van der Waals surface area contributed by atoms with Crippen molar-refractivity contribution in [2.75, 3.05) is 5.73 Å². The van der Waals surface area contributed by atoms with Gasteiger partial charge in [0, 0.05) is 11.6 Å². The predicted octanol–water partition coefficient (Wildman–Crippen LogP) is 2.98. The number of halogens is 2. The quantitative estimate of drug-likeness (QED) is 0.755. The van der Waals surface area contributed by atoms with Crippen molar-refractivity contribution in [3.05, 3.63) is 50.7 Å². The average molecular weight is 323 g/mol. The van der Waals surface area contributed by atoms with E-state index in [1.165, 1.54) is 12.1 Å². The Bertz CT molecular complexity index is 832. The van der Waals surface area contributed by atoms with E-state index in [-0.39, 0.29) is 11.4 Å². The number of nitrogens with two attached hydrogens (primary N) is 1. The van der Waals surface area contributed by atoms with E-state index in [4.69, 9.17) is 33.5 Å². The van der Waals surface area contributed by atoms with Gasteiger partial charge in [-0.15, -0.1) is 0 Å². The van der Waals surface area contributed by atoms with Crippen LogP contribution in [0, 0.1) is 0 Å². The molecule has 0 saturated carbocycles. The zero-order valence-corrected chi connectivity index (χ0v) is 11.9. The molecule has 6 nitrogen and oxygen atoms in total. The van der Waals surface area contributed by atoms with Crippen LogP contribution < -0.4 is 11.3 Å². The second-order valence-corrected chi connectivity index (χ2v) is 4.99. The number of aromatic nitrogens is 3. The lowest BCUT2D eigenvalue weighted by atomic mass is 10.0. The molecule has 0 saturated heterocycles. The molecule has 2 aromatic heterocycles. The summed E-state index contributed by atoms with van der Waals surface area (Å²) >= 11 is 12.4. The van der Waals surface area contributed by atoms with Crippen molar-refractivity contribution in [2.45, 2.75) is 0 Å². The Hall–Kier alpha value is -2.31. The van der Waals surface area contributed by atoms with Gasteiger partial charge in [-0.25, -0.2) is 5.10 Å². The number of aromatic amines is 1. The first kappa shape index (κ1) is 13.7. The highest BCUT2D eigenvalue weighted by atomic mass is 35.5. The Balaban J connectivity index is 2.27. The standard InChI is InChI=1S/C13H8Cl2N4O2/c14-6-2-1-3-7(15)10(6)11-12(19-21-13(11)16)8-4-5-9(20)18-17-8/h1-5H,16H2,(H,18,20). The molecule has 0 unspecified atom stereocenters. The van der Waals surface area contributed by atoms with Crippen molar-refractivity contribution in [3.8, 4) is 22.5 Å². The molecule has 0 spiro atoms. The van der Waals surface area contributed by atoms with Crippen LogP contribution in [0.1, 0.15) is 0 Å². The maximum atomic E-state index is 11.1.